The summed E-state index contributed by atoms with van der Waals surface area (Å²) in [6, 6.07) is 9.56. The standard InChI is InChI=1S/C13H19N3O2/c1-16(2)9-8-14-13(17)11-18-15-10-12-6-4-3-5-7-12/h3-7,10H,8-9,11H2,1-2H3,(H,14,17)/b15-10+. The quantitative estimate of drug-likeness (QED) is 0.572. The smallest absolute Gasteiger partial charge is 0.260 e. The number of hydrogen-bond donors (Lipinski definition) is 1. The molecule has 0 fully saturated rings. The Balaban J connectivity index is 2.14. The summed E-state index contributed by atoms with van der Waals surface area (Å²) >= 11 is 0. The molecule has 1 rings (SSSR count). The average Bonchev–Trinajstić information content (AvgIpc) is 2.35. The van der Waals surface area contributed by atoms with E-state index in [9.17, 15) is 4.79 Å². The molecule has 0 saturated carbocycles. The van der Waals surface area contributed by atoms with Crippen LogP contribution in [0.2, 0.25) is 0 Å². The van der Waals surface area contributed by atoms with Crippen LogP contribution < -0.4 is 5.32 Å². The third kappa shape index (κ3) is 6.65. The molecule has 0 unspecified atom stereocenters. The van der Waals surface area contributed by atoms with Crippen molar-refractivity contribution in [2.24, 2.45) is 5.16 Å². The molecule has 5 heteroatoms. The Kier molecular flexibility index (Phi) is 6.50. The van der Waals surface area contributed by atoms with Crippen molar-refractivity contribution >= 4 is 12.1 Å². The average molecular weight is 249 g/mol. The molecule has 0 aromatic heterocycles. The summed E-state index contributed by atoms with van der Waals surface area (Å²) < 4.78 is 0. The molecular weight excluding hydrogens is 230 g/mol. The van der Waals surface area contributed by atoms with Crippen LogP contribution >= 0.6 is 0 Å². The van der Waals surface area contributed by atoms with E-state index in [4.69, 9.17) is 4.84 Å². The van der Waals surface area contributed by atoms with Crippen molar-refractivity contribution in [2.75, 3.05) is 33.8 Å². The molecule has 5 nitrogen and oxygen atoms in total. The van der Waals surface area contributed by atoms with Gasteiger partial charge in [0.1, 0.15) is 0 Å². The first-order chi connectivity index (χ1) is 8.68. The second kappa shape index (κ2) is 8.25. The van der Waals surface area contributed by atoms with Crippen LogP contribution in [0.5, 0.6) is 0 Å². The predicted molar refractivity (Wildman–Crippen MR) is 71.6 cm³/mol. The van der Waals surface area contributed by atoms with Gasteiger partial charge in [0.05, 0.1) is 6.21 Å². The molecule has 0 saturated heterocycles. The number of amides is 1. The zero-order valence-corrected chi connectivity index (χ0v) is 10.8. The van der Waals surface area contributed by atoms with Crippen LogP contribution in [0.15, 0.2) is 35.5 Å². The number of rotatable bonds is 7. The summed E-state index contributed by atoms with van der Waals surface area (Å²) in [6.45, 7) is 1.35. The Morgan fingerprint density at radius 3 is 2.78 bits per heavy atom. The molecule has 1 aromatic rings. The highest BCUT2D eigenvalue weighted by atomic mass is 16.6. The molecule has 0 atom stereocenters. The van der Waals surface area contributed by atoms with Crippen molar-refractivity contribution in [1.82, 2.24) is 10.2 Å². The number of nitrogens with zero attached hydrogens (tertiary/aromatic N) is 2. The van der Waals surface area contributed by atoms with Gasteiger partial charge in [0.25, 0.3) is 5.91 Å². The van der Waals surface area contributed by atoms with Crippen molar-refractivity contribution in [1.29, 1.82) is 0 Å². The number of likely N-dealkylation sites (N-methyl/N-ethyl adjacent to an activating group) is 1. The second-order valence-electron chi connectivity index (χ2n) is 4.07. The lowest BCUT2D eigenvalue weighted by Gasteiger charge is -2.09. The molecule has 0 aliphatic rings. The largest absolute Gasteiger partial charge is 0.386 e. The van der Waals surface area contributed by atoms with Gasteiger partial charge in [-0.15, -0.1) is 0 Å². The fraction of sp³-hybridized carbons (Fsp3) is 0.385. The monoisotopic (exact) mass is 249 g/mol. The Labute approximate surface area is 107 Å². The van der Waals surface area contributed by atoms with Gasteiger partial charge in [-0.3, -0.25) is 4.79 Å². The summed E-state index contributed by atoms with van der Waals surface area (Å²) in [6.07, 6.45) is 1.58. The SMILES string of the molecule is CN(C)CCNC(=O)CO/N=C/c1ccccc1. The van der Waals surface area contributed by atoms with Crippen molar-refractivity contribution in [3.8, 4) is 0 Å². The molecule has 1 N–H and O–H groups in total. The molecule has 98 valence electrons. The fourth-order valence-corrected chi connectivity index (χ4v) is 1.20. The van der Waals surface area contributed by atoms with Gasteiger partial charge in [0, 0.05) is 13.1 Å². The van der Waals surface area contributed by atoms with Crippen molar-refractivity contribution in [3.05, 3.63) is 35.9 Å². The summed E-state index contributed by atoms with van der Waals surface area (Å²) in [5.74, 6) is -0.165. The van der Waals surface area contributed by atoms with Crippen LogP contribution in [0.25, 0.3) is 0 Å². The minimum absolute atomic E-state index is 0.0588. The van der Waals surface area contributed by atoms with E-state index < -0.39 is 0 Å². The van der Waals surface area contributed by atoms with Crippen LogP contribution in [0.3, 0.4) is 0 Å². The molecule has 0 heterocycles. The lowest BCUT2D eigenvalue weighted by Crippen LogP contribution is -2.33. The van der Waals surface area contributed by atoms with Crippen LogP contribution in [0.4, 0.5) is 0 Å². The molecule has 18 heavy (non-hydrogen) atoms. The highest BCUT2D eigenvalue weighted by Gasteiger charge is 2.00. The first kappa shape index (κ1) is 14.2. The first-order valence-electron chi connectivity index (χ1n) is 5.80. The zero-order chi connectivity index (χ0) is 13.2. The van der Waals surface area contributed by atoms with Gasteiger partial charge >= 0.3 is 0 Å². The minimum atomic E-state index is -0.165. The molecule has 0 spiro atoms. The van der Waals surface area contributed by atoms with Gasteiger partial charge in [-0.05, 0) is 19.7 Å². The van der Waals surface area contributed by atoms with E-state index in [0.717, 1.165) is 12.1 Å². The Morgan fingerprint density at radius 1 is 1.39 bits per heavy atom. The van der Waals surface area contributed by atoms with Crippen LogP contribution in [0, 0.1) is 0 Å². The Hall–Kier alpha value is -1.88. The van der Waals surface area contributed by atoms with Gasteiger partial charge in [0.15, 0.2) is 6.61 Å². The van der Waals surface area contributed by atoms with E-state index in [2.05, 4.69) is 10.5 Å². The molecule has 1 amide bonds. The minimum Gasteiger partial charge on any atom is -0.386 e. The number of carbonyl (C=O) groups excluding carboxylic acids is 1. The van der Waals surface area contributed by atoms with E-state index in [1.807, 2.05) is 49.3 Å². The summed E-state index contributed by atoms with van der Waals surface area (Å²) in [5.41, 5.74) is 0.936. The molecule has 1 aromatic carbocycles. The molecule has 0 bridgehead atoms. The van der Waals surface area contributed by atoms with E-state index in [-0.39, 0.29) is 12.5 Å². The van der Waals surface area contributed by atoms with Gasteiger partial charge in [-0.25, -0.2) is 0 Å². The maximum Gasteiger partial charge on any atom is 0.260 e. The Morgan fingerprint density at radius 2 is 2.11 bits per heavy atom. The van der Waals surface area contributed by atoms with E-state index in [1.165, 1.54) is 0 Å². The number of benzene rings is 1. The fourth-order valence-electron chi connectivity index (χ4n) is 1.20. The third-order valence-corrected chi connectivity index (χ3v) is 2.15. The summed E-state index contributed by atoms with van der Waals surface area (Å²) in [7, 11) is 3.90. The summed E-state index contributed by atoms with van der Waals surface area (Å²) in [4.78, 5) is 18.2. The zero-order valence-electron chi connectivity index (χ0n) is 10.8. The summed E-state index contributed by atoms with van der Waals surface area (Å²) in [5, 5.41) is 6.46. The number of carbonyl (C=O) groups is 1. The van der Waals surface area contributed by atoms with Crippen molar-refractivity contribution < 1.29 is 9.63 Å². The van der Waals surface area contributed by atoms with Crippen LogP contribution in [-0.4, -0.2) is 50.8 Å². The van der Waals surface area contributed by atoms with Gasteiger partial charge < -0.3 is 15.1 Å². The molecule has 0 radical (unpaired) electrons. The Bertz CT molecular complexity index is 377. The van der Waals surface area contributed by atoms with Gasteiger partial charge in [-0.1, -0.05) is 35.5 Å². The van der Waals surface area contributed by atoms with E-state index in [0.29, 0.717) is 6.54 Å². The van der Waals surface area contributed by atoms with E-state index in [1.54, 1.807) is 6.21 Å². The third-order valence-electron chi connectivity index (χ3n) is 2.15. The van der Waals surface area contributed by atoms with Crippen molar-refractivity contribution in [3.63, 3.8) is 0 Å². The van der Waals surface area contributed by atoms with Crippen LogP contribution in [-0.2, 0) is 9.63 Å². The predicted octanol–water partition coefficient (Wildman–Crippen LogP) is 0.715. The topological polar surface area (TPSA) is 53.9 Å². The molecule has 0 aliphatic heterocycles. The van der Waals surface area contributed by atoms with Crippen LogP contribution in [0.1, 0.15) is 5.56 Å². The number of oxime groups is 1. The van der Waals surface area contributed by atoms with Gasteiger partial charge in [-0.2, -0.15) is 0 Å². The number of nitrogens with one attached hydrogen (secondary N) is 1. The molecule has 0 aliphatic carbocycles. The maximum absolute atomic E-state index is 11.3. The lowest BCUT2D eigenvalue weighted by molar-refractivity contribution is -0.125. The normalized spacial score (nSPS) is 10.8. The van der Waals surface area contributed by atoms with E-state index >= 15 is 0 Å². The maximum atomic E-state index is 11.3. The molecular formula is C13H19N3O2. The second-order valence-corrected chi connectivity index (χ2v) is 4.07. The first-order valence-corrected chi connectivity index (χ1v) is 5.80. The van der Waals surface area contributed by atoms with Crippen molar-refractivity contribution in [2.45, 2.75) is 0 Å². The lowest BCUT2D eigenvalue weighted by atomic mass is 10.2. The van der Waals surface area contributed by atoms with Gasteiger partial charge in [0.2, 0.25) is 0 Å². The number of hydrogen-bond acceptors (Lipinski definition) is 4. The highest BCUT2D eigenvalue weighted by molar-refractivity contribution is 5.79. The highest BCUT2D eigenvalue weighted by Crippen LogP contribution is 1.93.